The Morgan fingerprint density at radius 1 is 0.774 bits per heavy atom. The molecule has 0 fully saturated rings. The van der Waals surface area contributed by atoms with Crippen molar-refractivity contribution in [1.29, 1.82) is 0 Å². The maximum atomic E-state index is 12.5. The molecule has 4 rings (SSSR count). The first-order chi connectivity index (χ1) is 15.0. The Labute approximate surface area is 179 Å². The van der Waals surface area contributed by atoms with E-state index in [1.807, 2.05) is 42.5 Å². The largest absolute Gasteiger partial charge is 0.456 e. The third-order valence-corrected chi connectivity index (χ3v) is 5.21. The van der Waals surface area contributed by atoms with Crippen LogP contribution in [0.1, 0.15) is 38.0 Å². The molecule has 0 saturated carbocycles. The molecule has 0 unspecified atom stereocenters. The summed E-state index contributed by atoms with van der Waals surface area (Å²) in [5.41, 5.74) is 2.90. The minimum Gasteiger partial charge on any atom is -0.456 e. The van der Waals surface area contributed by atoms with Crippen LogP contribution < -0.4 is 0 Å². The highest BCUT2D eigenvalue weighted by Crippen LogP contribution is 2.25. The number of imide groups is 1. The third-order valence-electron chi connectivity index (χ3n) is 5.21. The molecule has 31 heavy (non-hydrogen) atoms. The van der Waals surface area contributed by atoms with Gasteiger partial charge in [-0.2, -0.15) is 0 Å². The summed E-state index contributed by atoms with van der Waals surface area (Å²) in [4.78, 5) is 50.7. The van der Waals surface area contributed by atoms with Crippen LogP contribution in [-0.4, -0.2) is 41.1 Å². The Morgan fingerprint density at radius 3 is 1.87 bits per heavy atom. The fraction of sp³-hybridized carbons (Fsp3) is 0.120. The summed E-state index contributed by atoms with van der Waals surface area (Å²) in [5.74, 6) is -2.29. The SMILES string of the molecule is C[C@H](C(=O)OCC(=O)c1ccc(-c2ccccc2)cc1)N1C(=O)c2ccccc2C1=O. The predicted octanol–water partition coefficient (Wildman–Crippen LogP) is 3.76. The van der Waals surface area contributed by atoms with Gasteiger partial charge in [0, 0.05) is 5.56 Å². The number of esters is 1. The van der Waals surface area contributed by atoms with Crippen molar-refractivity contribution in [1.82, 2.24) is 4.90 Å². The molecular weight excluding hydrogens is 394 g/mol. The zero-order valence-electron chi connectivity index (χ0n) is 16.8. The van der Waals surface area contributed by atoms with E-state index < -0.39 is 30.4 Å². The Bertz CT molecular complexity index is 1130. The molecule has 6 nitrogen and oxygen atoms in total. The first-order valence-corrected chi connectivity index (χ1v) is 9.79. The normalized spacial score (nSPS) is 13.6. The molecule has 1 aliphatic rings. The second kappa shape index (κ2) is 8.36. The highest BCUT2D eigenvalue weighted by atomic mass is 16.5. The van der Waals surface area contributed by atoms with Crippen LogP contribution in [0.5, 0.6) is 0 Å². The van der Waals surface area contributed by atoms with Crippen LogP contribution in [0.2, 0.25) is 0 Å². The lowest BCUT2D eigenvalue weighted by atomic mass is 10.0. The minimum atomic E-state index is -1.14. The number of carbonyl (C=O) groups excluding carboxylic acids is 4. The van der Waals surface area contributed by atoms with E-state index in [0.29, 0.717) is 5.56 Å². The molecule has 1 aliphatic heterocycles. The predicted molar refractivity (Wildman–Crippen MR) is 114 cm³/mol. The van der Waals surface area contributed by atoms with Gasteiger partial charge in [0.05, 0.1) is 11.1 Å². The van der Waals surface area contributed by atoms with Gasteiger partial charge in [-0.1, -0.05) is 66.7 Å². The van der Waals surface area contributed by atoms with Gasteiger partial charge in [-0.3, -0.25) is 19.3 Å². The number of hydrogen-bond donors (Lipinski definition) is 0. The first kappa shape index (κ1) is 20.2. The fourth-order valence-electron chi connectivity index (χ4n) is 3.48. The highest BCUT2D eigenvalue weighted by molar-refractivity contribution is 6.22. The van der Waals surface area contributed by atoms with E-state index in [1.54, 1.807) is 24.3 Å². The molecule has 1 heterocycles. The van der Waals surface area contributed by atoms with E-state index in [0.717, 1.165) is 16.0 Å². The van der Waals surface area contributed by atoms with Crippen molar-refractivity contribution >= 4 is 23.6 Å². The van der Waals surface area contributed by atoms with Gasteiger partial charge >= 0.3 is 5.97 Å². The molecule has 2 amide bonds. The van der Waals surface area contributed by atoms with Crippen molar-refractivity contribution in [3.63, 3.8) is 0 Å². The van der Waals surface area contributed by atoms with Crippen LogP contribution >= 0.6 is 0 Å². The summed E-state index contributed by atoms with van der Waals surface area (Å²) in [6.07, 6.45) is 0. The number of ether oxygens (including phenoxy) is 1. The smallest absolute Gasteiger partial charge is 0.329 e. The van der Waals surface area contributed by atoms with Gasteiger partial charge in [0.1, 0.15) is 6.04 Å². The van der Waals surface area contributed by atoms with Crippen LogP contribution in [0.15, 0.2) is 78.9 Å². The van der Waals surface area contributed by atoms with Gasteiger partial charge in [-0.05, 0) is 30.2 Å². The number of ketones is 1. The number of benzene rings is 3. The monoisotopic (exact) mass is 413 g/mol. The summed E-state index contributed by atoms with van der Waals surface area (Å²) in [6.45, 7) is 0.931. The molecule has 0 saturated heterocycles. The van der Waals surface area contributed by atoms with E-state index in [-0.39, 0.29) is 16.9 Å². The minimum absolute atomic E-state index is 0.252. The van der Waals surface area contributed by atoms with Gasteiger partial charge in [-0.15, -0.1) is 0 Å². The Kier molecular flexibility index (Phi) is 5.45. The van der Waals surface area contributed by atoms with E-state index in [2.05, 4.69) is 0 Å². The topological polar surface area (TPSA) is 80.8 Å². The van der Waals surface area contributed by atoms with E-state index in [1.165, 1.54) is 19.1 Å². The van der Waals surface area contributed by atoms with Crippen molar-refractivity contribution in [2.24, 2.45) is 0 Å². The van der Waals surface area contributed by atoms with Gasteiger partial charge in [0.15, 0.2) is 12.4 Å². The first-order valence-electron chi connectivity index (χ1n) is 9.79. The van der Waals surface area contributed by atoms with Gasteiger partial charge < -0.3 is 4.74 Å². The quantitative estimate of drug-likeness (QED) is 0.349. The van der Waals surface area contributed by atoms with Crippen molar-refractivity contribution in [2.75, 3.05) is 6.61 Å². The lowest BCUT2D eigenvalue weighted by Crippen LogP contribution is -2.44. The van der Waals surface area contributed by atoms with E-state index >= 15 is 0 Å². The summed E-state index contributed by atoms with van der Waals surface area (Å²) in [7, 11) is 0. The Morgan fingerprint density at radius 2 is 1.29 bits per heavy atom. The van der Waals surface area contributed by atoms with Crippen LogP contribution in [0, 0.1) is 0 Å². The lowest BCUT2D eigenvalue weighted by molar-refractivity contribution is -0.146. The van der Waals surface area contributed by atoms with Gasteiger partial charge in [-0.25, -0.2) is 4.79 Å². The maximum Gasteiger partial charge on any atom is 0.329 e. The summed E-state index contributed by atoms with van der Waals surface area (Å²) in [5, 5.41) is 0. The lowest BCUT2D eigenvalue weighted by Gasteiger charge is -2.20. The molecule has 0 bridgehead atoms. The number of fused-ring (bicyclic) bond motifs is 1. The second-order valence-corrected chi connectivity index (χ2v) is 7.18. The maximum absolute atomic E-state index is 12.5. The number of Topliss-reactive ketones (excluding diaryl/α,β-unsaturated/α-hetero) is 1. The number of hydrogen-bond acceptors (Lipinski definition) is 5. The van der Waals surface area contributed by atoms with Crippen molar-refractivity contribution in [2.45, 2.75) is 13.0 Å². The van der Waals surface area contributed by atoms with Crippen LogP contribution in [0.3, 0.4) is 0 Å². The molecule has 0 N–H and O–H groups in total. The average Bonchev–Trinajstić information content (AvgIpc) is 3.07. The average molecular weight is 413 g/mol. The second-order valence-electron chi connectivity index (χ2n) is 7.18. The number of rotatable bonds is 6. The standard InChI is InChI=1S/C25H19NO5/c1-16(26-23(28)20-9-5-6-10-21(20)24(26)29)25(30)31-15-22(27)19-13-11-18(12-14-19)17-7-3-2-4-8-17/h2-14,16H,15H2,1H3/t16-/m1/s1. The Balaban J connectivity index is 1.38. The van der Waals surface area contributed by atoms with Gasteiger partial charge in [0.2, 0.25) is 0 Å². The molecule has 0 radical (unpaired) electrons. The zero-order valence-corrected chi connectivity index (χ0v) is 16.8. The van der Waals surface area contributed by atoms with E-state index in [9.17, 15) is 19.2 Å². The highest BCUT2D eigenvalue weighted by Gasteiger charge is 2.41. The number of amides is 2. The molecule has 0 aliphatic carbocycles. The zero-order chi connectivity index (χ0) is 22.0. The molecule has 1 atom stereocenters. The van der Waals surface area contributed by atoms with Crippen LogP contribution in [-0.2, 0) is 9.53 Å². The molecule has 0 aromatic heterocycles. The van der Waals surface area contributed by atoms with Crippen LogP contribution in [0.25, 0.3) is 11.1 Å². The summed E-state index contributed by atoms with van der Waals surface area (Å²) >= 11 is 0. The molecule has 3 aromatic rings. The molecular formula is C25H19NO5. The fourth-order valence-corrected chi connectivity index (χ4v) is 3.48. The Hall–Kier alpha value is -4.06. The third kappa shape index (κ3) is 3.88. The van der Waals surface area contributed by atoms with Crippen molar-refractivity contribution in [3.05, 3.63) is 95.6 Å². The molecule has 154 valence electrons. The molecule has 6 heteroatoms. The van der Waals surface area contributed by atoms with Crippen molar-refractivity contribution in [3.8, 4) is 11.1 Å². The van der Waals surface area contributed by atoms with Crippen molar-refractivity contribution < 1.29 is 23.9 Å². The summed E-state index contributed by atoms with van der Waals surface area (Å²) in [6, 6.07) is 22.0. The number of carbonyl (C=O) groups is 4. The summed E-state index contributed by atoms with van der Waals surface area (Å²) < 4.78 is 5.11. The van der Waals surface area contributed by atoms with Crippen LogP contribution in [0.4, 0.5) is 0 Å². The van der Waals surface area contributed by atoms with E-state index in [4.69, 9.17) is 4.74 Å². The molecule has 3 aromatic carbocycles. The number of nitrogens with zero attached hydrogens (tertiary/aromatic N) is 1. The van der Waals surface area contributed by atoms with Gasteiger partial charge in [0.25, 0.3) is 11.8 Å². The molecule has 0 spiro atoms.